The van der Waals surface area contributed by atoms with Gasteiger partial charge in [0.05, 0.1) is 33.3 Å². The minimum atomic E-state index is -0.0822. The van der Waals surface area contributed by atoms with Gasteiger partial charge in [0, 0.05) is 37.2 Å². The van der Waals surface area contributed by atoms with E-state index in [-0.39, 0.29) is 5.41 Å². The number of hydrogen-bond donors (Lipinski definition) is 0. The first kappa shape index (κ1) is 26.9. The molecular formula is C43H31N3S. The van der Waals surface area contributed by atoms with Crippen molar-refractivity contribution in [3.8, 4) is 28.2 Å². The molecule has 0 spiro atoms. The van der Waals surface area contributed by atoms with Gasteiger partial charge in [-0.2, -0.15) is 0 Å². The zero-order valence-electron chi connectivity index (χ0n) is 26.3. The van der Waals surface area contributed by atoms with Crippen molar-refractivity contribution < 1.29 is 0 Å². The molecule has 0 radical (unpaired) electrons. The Kier molecular flexibility index (Phi) is 5.62. The number of allylic oxidation sites excluding steroid dienone is 4. The highest BCUT2D eigenvalue weighted by Gasteiger charge is 2.37. The molecule has 10 rings (SSSR count). The first-order valence-corrected chi connectivity index (χ1v) is 17.2. The molecule has 0 atom stereocenters. The van der Waals surface area contributed by atoms with Crippen LogP contribution in [-0.2, 0) is 5.41 Å². The third kappa shape index (κ3) is 3.73. The zero-order chi connectivity index (χ0) is 31.3. The summed E-state index contributed by atoms with van der Waals surface area (Å²) in [7, 11) is 0. The van der Waals surface area contributed by atoms with Gasteiger partial charge >= 0.3 is 0 Å². The Bertz CT molecular complexity index is 2650. The Morgan fingerprint density at radius 1 is 0.766 bits per heavy atom. The van der Waals surface area contributed by atoms with Gasteiger partial charge < -0.3 is 4.57 Å². The maximum Gasteiger partial charge on any atom is 0.159 e. The van der Waals surface area contributed by atoms with Crippen molar-refractivity contribution in [3.05, 3.63) is 144 Å². The lowest BCUT2D eigenvalue weighted by Crippen LogP contribution is -2.14. The Morgan fingerprint density at radius 3 is 2.45 bits per heavy atom. The molecule has 0 amide bonds. The van der Waals surface area contributed by atoms with Crippen molar-refractivity contribution in [2.75, 3.05) is 0 Å². The molecule has 0 saturated carbocycles. The Balaban J connectivity index is 1.39. The van der Waals surface area contributed by atoms with Crippen molar-refractivity contribution in [3.63, 3.8) is 0 Å². The average Bonchev–Trinajstić information content (AvgIpc) is 3.75. The highest BCUT2D eigenvalue weighted by Crippen LogP contribution is 2.54. The number of nitrogens with zero attached hydrogens (tertiary/aromatic N) is 3. The molecule has 3 aromatic heterocycles. The predicted octanol–water partition coefficient (Wildman–Crippen LogP) is 11.6. The van der Waals surface area contributed by atoms with Crippen LogP contribution in [0.1, 0.15) is 43.5 Å². The van der Waals surface area contributed by atoms with Gasteiger partial charge in [-0.1, -0.05) is 123 Å². The Hall–Kier alpha value is -5.32. The molecule has 0 saturated heterocycles. The van der Waals surface area contributed by atoms with Crippen LogP contribution in [0.5, 0.6) is 0 Å². The van der Waals surface area contributed by atoms with E-state index in [1.807, 2.05) is 17.4 Å². The van der Waals surface area contributed by atoms with Crippen LogP contribution >= 0.6 is 11.3 Å². The second-order valence-electron chi connectivity index (χ2n) is 13.3. The van der Waals surface area contributed by atoms with Gasteiger partial charge in [0.25, 0.3) is 0 Å². The summed E-state index contributed by atoms with van der Waals surface area (Å²) in [5.41, 5.74) is 12.1. The van der Waals surface area contributed by atoms with Crippen molar-refractivity contribution in [2.45, 2.75) is 32.1 Å². The summed E-state index contributed by atoms with van der Waals surface area (Å²) in [6, 6.07) is 37.6. The number of rotatable bonds is 3. The fourth-order valence-corrected chi connectivity index (χ4v) is 9.35. The summed E-state index contributed by atoms with van der Waals surface area (Å²) in [6.07, 6.45) is 10.7. The van der Waals surface area contributed by atoms with Crippen LogP contribution in [0.15, 0.2) is 128 Å². The van der Waals surface area contributed by atoms with Crippen LogP contribution in [-0.4, -0.2) is 14.5 Å². The molecule has 224 valence electrons. The van der Waals surface area contributed by atoms with Crippen molar-refractivity contribution in [1.82, 2.24) is 14.5 Å². The molecule has 3 nitrogen and oxygen atoms in total. The minimum absolute atomic E-state index is 0.0822. The van der Waals surface area contributed by atoms with Crippen molar-refractivity contribution in [1.29, 1.82) is 0 Å². The summed E-state index contributed by atoms with van der Waals surface area (Å²) in [4.78, 5) is 10.4. The van der Waals surface area contributed by atoms with E-state index in [1.165, 1.54) is 69.8 Å². The molecule has 3 heterocycles. The summed E-state index contributed by atoms with van der Waals surface area (Å²) >= 11 is 1.89. The van der Waals surface area contributed by atoms with Crippen LogP contribution in [0.2, 0.25) is 0 Å². The Morgan fingerprint density at radius 2 is 1.57 bits per heavy atom. The minimum Gasteiger partial charge on any atom is -0.304 e. The zero-order valence-corrected chi connectivity index (χ0v) is 27.1. The molecule has 47 heavy (non-hydrogen) atoms. The van der Waals surface area contributed by atoms with E-state index in [4.69, 9.17) is 9.97 Å². The highest BCUT2D eigenvalue weighted by molar-refractivity contribution is 7.26. The maximum absolute atomic E-state index is 5.36. The molecule has 5 aromatic carbocycles. The SMILES string of the molecule is CC1(C)c2ccccc2-c2c1ccc1c2c2ccc3c4ccccc4sc3c2n1-c1cnc(-c2ccccc2)nc1C1=CC=CCC1. The van der Waals surface area contributed by atoms with Crippen LogP contribution in [0.4, 0.5) is 0 Å². The fourth-order valence-electron chi connectivity index (χ4n) is 8.11. The van der Waals surface area contributed by atoms with E-state index < -0.39 is 0 Å². The lowest BCUT2D eigenvalue weighted by molar-refractivity contribution is 0.661. The first-order chi connectivity index (χ1) is 23.1. The van der Waals surface area contributed by atoms with Gasteiger partial charge in [0.2, 0.25) is 0 Å². The predicted molar refractivity (Wildman–Crippen MR) is 199 cm³/mol. The summed E-state index contributed by atoms with van der Waals surface area (Å²) in [5, 5.41) is 5.19. The fraction of sp³-hybridized carbons (Fsp3) is 0.116. The first-order valence-electron chi connectivity index (χ1n) is 16.4. The number of aromatic nitrogens is 3. The van der Waals surface area contributed by atoms with Gasteiger partial charge in [0.15, 0.2) is 5.82 Å². The van der Waals surface area contributed by atoms with Gasteiger partial charge in [0.1, 0.15) is 0 Å². The molecule has 0 N–H and O–H groups in total. The lowest BCUT2D eigenvalue weighted by Gasteiger charge is -2.21. The van der Waals surface area contributed by atoms with E-state index in [1.54, 1.807) is 0 Å². The van der Waals surface area contributed by atoms with Gasteiger partial charge in [-0.15, -0.1) is 11.3 Å². The number of benzene rings is 5. The van der Waals surface area contributed by atoms with E-state index in [0.29, 0.717) is 0 Å². The summed E-state index contributed by atoms with van der Waals surface area (Å²) in [5.74, 6) is 0.754. The van der Waals surface area contributed by atoms with Crippen LogP contribution in [0.25, 0.3) is 75.8 Å². The van der Waals surface area contributed by atoms with Gasteiger partial charge in [-0.05, 0) is 52.8 Å². The molecule has 2 aliphatic carbocycles. The number of thiophene rings is 1. The van der Waals surface area contributed by atoms with E-state index >= 15 is 0 Å². The molecule has 8 aromatic rings. The maximum atomic E-state index is 5.36. The van der Waals surface area contributed by atoms with Gasteiger partial charge in [-0.25, -0.2) is 9.97 Å². The topological polar surface area (TPSA) is 30.7 Å². The highest BCUT2D eigenvalue weighted by atomic mass is 32.1. The van der Waals surface area contributed by atoms with Crippen molar-refractivity contribution >= 4 is 58.9 Å². The quantitative estimate of drug-likeness (QED) is 0.196. The van der Waals surface area contributed by atoms with E-state index in [9.17, 15) is 0 Å². The summed E-state index contributed by atoms with van der Waals surface area (Å²) in [6.45, 7) is 4.73. The smallest absolute Gasteiger partial charge is 0.159 e. The van der Waals surface area contributed by atoms with Crippen LogP contribution in [0.3, 0.4) is 0 Å². The standard InChI is InChI=1S/C43H31N3S/c1-43(2)32-19-11-9-18-30(32)37-33(43)23-24-34-38(37)31-22-21-29-28-17-10-12-20-36(28)47-41(29)40(31)46(34)35-25-44-42(27-15-7-4-8-16-27)45-39(35)26-13-5-3-6-14-26/h3-5,7-13,15-25H,6,14H2,1-2H3. The lowest BCUT2D eigenvalue weighted by atomic mass is 9.82. The molecule has 0 fully saturated rings. The molecule has 0 unspecified atom stereocenters. The van der Waals surface area contributed by atoms with Crippen LogP contribution < -0.4 is 0 Å². The normalized spacial score (nSPS) is 15.1. The number of fused-ring (bicyclic) bond motifs is 11. The van der Waals surface area contributed by atoms with E-state index in [0.717, 1.165) is 35.6 Å². The monoisotopic (exact) mass is 621 g/mol. The molecule has 2 aliphatic rings. The molecular weight excluding hydrogens is 591 g/mol. The molecule has 0 bridgehead atoms. The molecule has 0 aliphatic heterocycles. The largest absolute Gasteiger partial charge is 0.304 e. The van der Waals surface area contributed by atoms with Gasteiger partial charge in [-0.3, -0.25) is 0 Å². The Labute approximate surface area is 277 Å². The third-order valence-corrected chi connectivity index (χ3v) is 11.5. The second kappa shape index (κ2) is 9.84. The van der Waals surface area contributed by atoms with E-state index in [2.05, 4.69) is 140 Å². The second-order valence-corrected chi connectivity index (χ2v) is 14.3. The van der Waals surface area contributed by atoms with Crippen LogP contribution in [0, 0.1) is 0 Å². The summed E-state index contributed by atoms with van der Waals surface area (Å²) < 4.78 is 5.09. The number of hydrogen-bond acceptors (Lipinski definition) is 3. The third-order valence-electron chi connectivity index (χ3n) is 10.3. The average molecular weight is 622 g/mol. The van der Waals surface area contributed by atoms with Crippen molar-refractivity contribution in [2.24, 2.45) is 0 Å². The molecule has 4 heteroatoms.